The molecule has 0 aliphatic heterocycles. The minimum Gasteiger partial charge on any atom is -0.469 e. The molecule has 1 heterocycles. The summed E-state index contributed by atoms with van der Waals surface area (Å²) >= 11 is 0. The van der Waals surface area contributed by atoms with E-state index in [2.05, 4.69) is 24.9 Å². The van der Waals surface area contributed by atoms with Crippen molar-refractivity contribution in [1.29, 1.82) is 0 Å². The van der Waals surface area contributed by atoms with Gasteiger partial charge in [0.25, 0.3) is 0 Å². The molecule has 0 saturated heterocycles. The highest BCUT2D eigenvalue weighted by Crippen LogP contribution is 1.88. The standard InChI is InChI=1S/C12H20N4O2.HI/c1-13-12(14-6-5-11(17)18-2)15-7-10-16-8-3-4-9-16;/h3-4,8-9H,5-7,10H2,1-2H3,(H2,13,14,15);1H. The Hall–Kier alpha value is -1.25. The van der Waals surface area contributed by atoms with Crippen molar-refractivity contribution in [2.45, 2.75) is 13.0 Å². The number of ether oxygens (including phenoxy) is 1. The molecule has 0 aromatic carbocycles. The van der Waals surface area contributed by atoms with E-state index in [1.54, 1.807) is 7.05 Å². The van der Waals surface area contributed by atoms with Crippen LogP contribution in [0.25, 0.3) is 0 Å². The summed E-state index contributed by atoms with van der Waals surface area (Å²) < 4.78 is 6.63. The van der Waals surface area contributed by atoms with Crippen molar-refractivity contribution in [1.82, 2.24) is 15.2 Å². The van der Waals surface area contributed by atoms with E-state index in [1.165, 1.54) is 7.11 Å². The van der Waals surface area contributed by atoms with Crippen LogP contribution in [0.3, 0.4) is 0 Å². The van der Waals surface area contributed by atoms with Crippen molar-refractivity contribution in [3.8, 4) is 0 Å². The molecule has 0 spiro atoms. The van der Waals surface area contributed by atoms with Crippen molar-refractivity contribution in [3.63, 3.8) is 0 Å². The number of esters is 1. The Morgan fingerprint density at radius 3 is 2.47 bits per heavy atom. The molecule has 2 N–H and O–H groups in total. The molecule has 1 aromatic rings. The highest BCUT2D eigenvalue weighted by atomic mass is 127. The first-order valence-corrected chi connectivity index (χ1v) is 5.88. The molecular weight excluding hydrogens is 359 g/mol. The van der Waals surface area contributed by atoms with Crippen molar-refractivity contribution in [2.24, 2.45) is 4.99 Å². The Morgan fingerprint density at radius 1 is 1.26 bits per heavy atom. The Labute approximate surface area is 130 Å². The number of aliphatic imine (C=N–C) groups is 1. The van der Waals surface area contributed by atoms with Crippen LogP contribution in [-0.2, 0) is 16.1 Å². The molecule has 0 unspecified atom stereocenters. The molecule has 0 aliphatic rings. The van der Waals surface area contributed by atoms with Gasteiger partial charge in [0, 0.05) is 39.1 Å². The first-order valence-electron chi connectivity index (χ1n) is 5.88. The van der Waals surface area contributed by atoms with Gasteiger partial charge >= 0.3 is 5.97 Å². The van der Waals surface area contributed by atoms with Gasteiger partial charge in [-0.15, -0.1) is 24.0 Å². The molecule has 0 saturated carbocycles. The van der Waals surface area contributed by atoms with Crippen LogP contribution < -0.4 is 10.6 Å². The summed E-state index contributed by atoms with van der Waals surface area (Å²) in [5.74, 6) is 0.455. The summed E-state index contributed by atoms with van der Waals surface area (Å²) in [6, 6.07) is 3.98. The Bertz CT molecular complexity index is 379. The van der Waals surface area contributed by atoms with Crippen LogP contribution in [0.1, 0.15) is 6.42 Å². The van der Waals surface area contributed by atoms with Gasteiger partial charge in [0.1, 0.15) is 0 Å². The average molecular weight is 380 g/mol. The van der Waals surface area contributed by atoms with Gasteiger partial charge in [0.15, 0.2) is 5.96 Å². The van der Waals surface area contributed by atoms with Gasteiger partial charge in [0.05, 0.1) is 13.5 Å². The van der Waals surface area contributed by atoms with E-state index < -0.39 is 0 Å². The third kappa shape index (κ3) is 7.70. The molecule has 0 aliphatic carbocycles. The zero-order valence-electron chi connectivity index (χ0n) is 11.3. The van der Waals surface area contributed by atoms with Gasteiger partial charge in [-0.25, -0.2) is 0 Å². The summed E-state index contributed by atoms with van der Waals surface area (Å²) in [6.07, 6.45) is 4.35. The number of hydrogen-bond donors (Lipinski definition) is 2. The minimum atomic E-state index is -0.231. The summed E-state index contributed by atoms with van der Waals surface area (Å²) in [6.45, 7) is 2.15. The highest BCUT2D eigenvalue weighted by Gasteiger charge is 2.01. The fourth-order valence-corrected chi connectivity index (χ4v) is 1.43. The van der Waals surface area contributed by atoms with Crippen LogP contribution in [0.15, 0.2) is 29.5 Å². The fourth-order valence-electron chi connectivity index (χ4n) is 1.43. The maximum absolute atomic E-state index is 10.9. The lowest BCUT2D eigenvalue weighted by atomic mass is 10.4. The molecule has 1 aromatic heterocycles. The smallest absolute Gasteiger partial charge is 0.307 e. The van der Waals surface area contributed by atoms with Gasteiger partial charge < -0.3 is 19.9 Å². The topological polar surface area (TPSA) is 67.7 Å². The molecule has 108 valence electrons. The van der Waals surface area contributed by atoms with E-state index >= 15 is 0 Å². The lowest BCUT2D eigenvalue weighted by molar-refractivity contribution is -0.140. The van der Waals surface area contributed by atoms with E-state index in [0.29, 0.717) is 18.9 Å². The lowest BCUT2D eigenvalue weighted by Gasteiger charge is -2.11. The van der Waals surface area contributed by atoms with Gasteiger partial charge in [0.2, 0.25) is 0 Å². The molecule has 0 bridgehead atoms. The number of carbonyl (C=O) groups is 1. The summed E-state index contributed by atoms with van der Waals surface area (Å²) in [7, 11) is 3.08. The van der Waals surface area contributed by atoms with Gasteiger partial charge in [-0.05, 0) is 12.1 Å². The maximum atomic E-state index is 10.9. The van der Waals surface area contributed by atoms with Crippen molar-refractivity contribution in [2.75, 3.05) is 27.2 Å². The maximum Gasteiger partial charge on any atom is 0.307 e. The van der Waals surface area contributed by atoms with E-state index in [1.807, 2.05) is 24.5 Å². The average Bonchev–Trinajstić information content (AvgIpc) is 2.89. The zero-order valence-corrected chi connectivity index (χ0v) is 13.6. The quantitative estimate of drug-likeness (QED) is 0.332. The Balaban J connectivity index is 0.00000324. The van der Waals surface area contributed by atoms with E-state index in [0.717, 1.165) is 13.1 Å². The third-order valence-corrected chi connectivity index (χ3v) is 2.40. The van der Waals surface area contributed by atoms with E-state index in [-0.39, 0.29) is 29.9 Å². The Kier molecular flexibility index (Phi) is 9.95. The van der Waals surface area contributed by atoms with Crippen LogP contribution in [0.5, 0.6) is 0 Å². The number of aromatic nitrogens is 1. The zero-order chi connectivity index (χ0) is 13.2. The lowest BCUT2D eigenvalue weighted by Crippen LogP contribution is -2.39. The molecule has 6 nitrogen and oxygen atoms in total. The SMILES string of the molecule is CN=C(NCCC(=O)OC)NCCn1cccc1.I. The molecule has 7 heteroatoms. The number of rotatable bonds is 6. The second-order valence-electron chi connectivity index (χ2n) is 3.67. The third-order valence-electron chi connectivity index (χ3n) is 2.40. The molecule has 1 rings (SSSR count). The number of guanidine groups is 1. The number of nitrogens with zero attached hydrogens (tertiary/aromatic N) is 2. The number of hydrogen-bond acceptors (Lipinski definition) is 3. The highest BCUT2D eigenvalue weighted by molar-refractivity contribution is 14.0. The molecule has 19 heavy (non-hydrogen) atoms. The molecule has 0 amide bonds. The van der Waals surface area contributed by atoms with Crippen LogP contribution in [0.4, 0.5) is 0 Å². The van der Waals surface area contributed by atoms with Gasteiger partial charge in [-0.2, -0.15) is 0 Å². The summed E-state index contributed by atoms with van der Waals surface area (Å²) in [4.78, 5) is 15.0. The number of nitrogens with one attached hydrogen (secondary N) is 2. The van der Waals surface area contributed by atoms with E-state index in [9.17, 15) is 4.79 Å². The number of halogens is 1. The first-order chi connectivity index (χ1) is 8.76. The van der Waals surface area contributed by atoms with Gasteiger partial charge in [-0.1, -0.05) is 0 Å². The fraction of sp³-hybridized carbons (Fsp3) is 0.500. The second kappa shape index (κ2) is 10.7. The Morgan fingerprint density at radius 2 is 1.89 bits per heavy atom. The first kappa shape index (κ1) is 17.8. The van der Waals surface area contributed by atoms with Crippen LogP contribution in [0.2, 0.25) is 0 Å². The molecule has 0 atom stereocenters. The van der Waals surface area contributed by atoms with Crippen LogP contribution in [0, 0.1) is 0 Å². The summed E-state index contributed by atoms with van der Waals surface area (Å²) in [5, 5.41) is 6.21. The van der Waals surface area contributed by atoms with Crippen molar-refractivity contribution < 1.29 is 9.53 Å². The molecular formula is C12H21IN4O2. The van der Waals surface area contributed by atoms with Crippen molar-refractivity contribution >= 4 is 35.9 Å². The normalized spacial score (nSPS) is 10.5. The van der Waals surface area contributed by atoms with Gasteiger partial charge in [-0.3, -0.25) is 9.79 Å². The van der Waals surface area contributed by atoms with E-state index in [4.69, 9.17) is 0 Å². The monoisotopic (exact) mass is 380 g/mol. The molecule has 0 radical (unpaired) electrons. The van der Waals surface area contributed by atoms with Crippen LogP contribution in [-0.4, -0.2) is 43.7 Å². The number of methoxy groups -OCH3 is 1. The predicted octanol–water partition coefficient (Wildman–Crippen LogP) is 0.834. The number of carbonyl (C=O) groups excluding carboxylic acids is 1. The largest absolute Gasteiger partial charge is 0.469 e. The van der Waals surface area contributed by atoms with Crippen LogP contribution >= 0.6 is 24.0 Å². The molecule has 0 fully saturated rings. The predicted molar refractivity (Wildman–Crippen MR) is 85.8 cm³/mol. The summed E-state index contributed by atoms with van der Waals surface area (Å²) in [5.41, 5.74) is 0. The minimum absolute atomic E-state index is 0. The second-order valence-corrected chi connectivity index (χ2v) is 3.67. The van der Waals surface area contributed by atoms with Crippen molar-refractivity contribution in [3.05, 3.63) is 24.5 Å².